The molecule has 0 atom stereocenters. The largest absolute Gasteiger partial charge is 0.324 e. The molecule has 0 bridgehead atoms. The maximum atomic E-state index is 11.8. The highest BCUT2D eigenvalue weighted by Crippen LogP contribution is 2.23. The minimum absolute atomic E-state index is 0.112. The van der Waals surface area contributed by atoms with Crippen molar-refractivity contribution in [2.45, 2.75) is 33.1 Å². The van der Waals surface area contributed by atoms with E-state index in [1.807, 2.05) is 37.3 Å². The van der Waals surface area contributed by atoms with Gasteiger partial charge in [-0.05, 0) is 47.6 Å². The van der Waals surface area contributed by atoms with Crippen molar-refractivity contribution in [2.75, 3.05) is 10.6 Å². The minimum atomic E-state index is -0.253. The lowest BCUT2D eigenvalue weighted by atomic mass is 9.87. The van der Waals surface area contributed by atoms with E-state index >= 15 is 0 Å². The van der Waals surface area contributed by atoms with Gasteiger partial charge in [-0.1, -0.05) is 32.9 Å². The number of nitrogens with zero attached hydrogens (tertiary/aromatic N) is 1. The first-order valence-corrected chi connectivity index (χ1v) is 7.24. The van der Waals surface area contributed by atoms with Gasteiger partial charge in [0, 0.05) is 5.69 Å². The Kier molecular flexibility index (Phi) is 4.09. The Bertz CT molecular complexity index is 596. The molecule has 2 amide bonds. The van der Waals surface area contributed by atoms with Crippen LogP contribution in [-0.4, -0.2) is 10.4 Å². The number of aryl methyl sites for hydroxylation is 1. The zero-order valence-electron chi connectivity index (χ0n) is 12.2. The molecule has 0 unspecified atom stereocenters. The van der Waals surface area contributed by atoms with Gasteiger partial charge in [0.15, 0.2) is 0 Å². The monoisotopic (exact) mass is 289 g/mol. The highest BCUT2D eigenvalue weighted by Gasteiger charge is 2.13. The van der Waals surface area contributed by atoms with Gasteiger partial charge in [-0.2, -0.15) is 4.37 Å². The first-order valence-electron chi connectivity index (χ1n) is 6.46. The highest BCUT2D eigenvalue weighted by atomic mass is 32.1. The third-order valence-electron chi connectivity index (χ3n) is 2.87. The average molecular weight is 289 g/mol. The first-order chi connectivity index (χ1) is 9.34. The second kappa shape index (κ2) is 5.63. The van der Waals surface area contributed by atoms with E-state index in [1.165, 1.54) is 17.1 Å². The van der Waals surface area contributed by atoms with Gasteiger partial charge in [-0.3, -0.25) is 5.32 Å². The van der Waals surface area contributed by atoms with E-state index in [-0.39, 0.29) is 11.4 Å². The van der Waals surface area contributed by atoms with Gasteiger partial charge in [0.2, 0.25) is 0 Å². The van der Waals surface area contributed by atoms with Gasteiger partial charge < -0.3 is 5.32 Å². The van der Waals surface area contributed by atoms with Crippen LogP contribution in [0.3, 0.4) is 0 Å². The molecule has 0 aliphatic heterocycles. The minimum Gasteiger partial charge on any atom is -0.308 e. The lowest BCUT2D eigenvalue weighted by Crippen LogP contribution is -2.19. The number of anilines is 2. The van der Waals surface area contributed by atoms with Crippen molar-refractivity contribution in [3.8, 4) is 0 Å². The molecule has 4 nitrogen and oxygen atoms in total. The molecule has 1 aromatic carbocycles. The molecule has 2 aromatic rings. The molecule has 0 radical (unpaired) electrons. The molecular weight excluding hydrogens is 270 g/mol. The molecule has 106 valence electrons. The zero-order valence-corrected chi connectivity index (χ0v) is 13.0. The summed E-state index contributed by atoms with van der Waals surface area (Å²) in [6.07, 6.45) is 0. The van der Waals surface area contributed by atoms with Crippen molar-refractivity contribution in [3.05, 3.63) is 41.6 Å². The van der Waals surface area contributed by atoms with Crippen LogP contribution in [0, 0.1) is 6.92 Å². The van der Waals surface area contributed by atoms with Gasteiger partial charge in [0.25, 0.3) is 0 Å². The van der Waals surface area contributed by atoms with Crippen LogP contribution >= 0.6 is 11.5 Å². The summed E-state index contributed by atoms with van der Waals surface area (Å²) in [6.45, 7) is 8.38. The van der Waals surface area contributed by atoms with Crippen LogP contribution in [0.4, 0.5) is 15.5 Å². The van der Waals surface area contributed by atoms with Crippen molar-refractivity contribution in [1.82, 2.24) is 4.37 Å². The lowest BCUT2D eigenvalue weighted by Gasteiger charge is -2.19. The quantitative estimate of drug-likeness (QED) is 0.861. The normalized spacial score (nSPS) is 11.2. The van der Waals surface area contributed by atoms with Gasteiger partial charge >= 0.3 is 6.03 Å². The Balaban J connectivity index is 1.98. The molecule has 2 rings (SSSR count). The Morgan fingerprint density at radius 3 is 2.30 bits per heavy atom. The van der Waals surface area contributed by atoms with E-state index in [9.17, 15) is 4.79 Å². The van der Waals surface area contributed by atoms with Crippen LogP contribution < -0.4 is 10.6 Å². The average Bonchev–Trinajstić information content (AvgIpc) is 2.74. The van der Waals surface area contributed by atoms with E-state index in [0.717, 1.165) is 16.4 Å². The molecule has 0 fully saturated rings. The van der Waals surface area contributed by atoms with E-state index in [1.54, 1.807) is 0 Å². The molecule has 1 aromatic heterocycles. The highest BCUT2D eigenvalue weighted by molar-refractivity contribution is 7.10. The van der Waals surface area contributed by atoms with Crippen LogP contribution in [0.25, 0.3) is 0 Å². The van der Waals surface area contributed by atoms with Crippen LogP contribution in [0.1, 0.15) is 32.0 Å². The Morgan fingerprint density at radius 2 is 1.80 bits per heavy atom. The van der Waals surface area contributed by atoms with Gasteiger partial charge in [0.1, 0.15) is 5.00 Å². The van der Waals surface area contributed by atoms with E-state index in [4.69, 9.17) is 0 Å². The fourth-order valence-corrected chi connectivity index (χ4v) is 2.41. The van der Waals surface area contributed by atoms with E-state index in [2.05, 4.69) is 35.8 Å². The summed E-state index contributed by atoms with van der Waals surface area (Å²) in [6, 6.07) is 9.49. The van der Waals surface area contributed by atoms with Crippen molar-refractivity contribution < 1.29 is 4.79 Å². The summed E-state index contributed by atoms with van der Waals surface area (Å²) < 4.78 is 4.11. The van der Waals surface area contributed by atoms with Crippen molar-refractivity contribution in [1.29, 1.82) is 0 Å². The van der Waals surface area contributed by atoms with Crippen LogP contribution in [-0.2, 0) is 5.41 Å². The molecular formula is C15H19N3OS. The molecule has 0 saturated carbocycles. The Hall–Kier alpha value is -1.88. The van der Waals surface area contributed by atoms with E-state index < -0.39 is 0 Å². The number of nitrogens with one attached hydrogen (secondary N) is 2. The summed E-state index contributed by atoms with van der Waals surface area (Å²) in [4.78, 5) is 11.8. The Morgan fingerprint density at radius 1 is 1.15 bits per heavy atom. The predicted molar refractivity (Wildman–Crippen MR) is 84.6 cm³/mol. The summed E-state index contributed by atoms with van der Waals surface area (Å²) in [5, 5.41) is 6.31. The van der Waals surface area contributed by atoms with Crippen LogP contribution in [0.5, 0.6) is 0 Å². The van der Waals surface area contributed by atoms with Gasteiger partial charge in [0.05, 0.1) is 5.69 Å². The molecule has 20 heavy (non-hydrogen) atoms. The number of benzene rings is 1. The maximum absolute atomic E-state index is 11.8. The number of carbonyl (C=O) groups excluding carboxylic acids is 1. The smallest absolute Gasteiger partial charge is 0.308 e. The summed E-state index contributed by atoms with van der Waals surface area (Å²) in [7, 11) is 0. The molecule has 0 saturated heterocycles. The third kappa shape index (κ3) is 3.81. The second-order valence-electron chi connectivity index (χ2n) is 5.74. The van der Waals surface area contributed by atoms with Gasteiger partial charge in [-0.15, -0.1) is 0 Å². The fraction of sp³-hybridized carbons (Fsp3) is 0.333. The van der Waals surface area contributed by atoms with Crippen molar-refractivity contribution in [3.63, 3.8) is 0 Å². The third-order valence-corrected chi connectivity index (χ3v) is 3.67. The first kappa shape index (κ1) is 14.5. The number of urea groups is 1. The number of rotatable bonds is 2. The Labute approximate surface area is 123 Å². The molecule has 1 heterocycles. The van der Waals surface area contributed by atoms with E-state index in [0.29, 0.717) is 0 Å². The molecule has 5 heteroatoms. The number of hydrogen-bond donors (Lipinski definition) is 2. The zero-order chi connectivity index (χ0) is 14.8. The summed E-state index contributed by atoms with van der Waals surface area (Å²) in [5.74, 6) is 0. The standard InChI is InChI=1S/C15H19N3OS/c1-10-9-13(20-18-10)17-14(19)16-12-7-5-11(6-8-12)15(2,3)4/h5-9H,1-4H3,(H2,16,17,19). The summed E-state index contributed by atoms with van der Waals surface area (Å²) >= 11 is 1.27. The fourth-order valence-electron chi connectivity index (χ4n) is 1.75. The van der Waals surface area contributed by atoms with Crippen LogP contribution in [0.15, 0.2) is 30.3 Å². The van der Waals surface area contributed by atoms with Gasteiger partial charge in [-0.25, -0.2) is 4.79 Å². The number of aromatic nitrogens is 1. The molecule has 0 aliphatic rings. The second-order valence-corrected chi connectivity index (χ2v) is 6.54. The molecule has 0 spiro atoms. The molecule has 2 N–H and O–H groups in total. The number of amides is 2. The maximum Gasteiger partial charge on any atom is 0.324 e. The lowest BCUT2D eigenvalue weighted by molar-refractivity contribution is 0.262. The summed E-state index contributed by atoms with van der Waals surface area (Å²) in [5.41, 5.74) is 3.03. The SMILES string of the molecule is Cc1cc(NC(=O)Nc2ccc(C(C)(C)C)cc2)sn1. The van der Waals surface area contributed by atoms with Crippen LogP contribution in [0.2, 0.25) is 0 Å². The van der Waals surface area contributed by atoms with Crippen molar-refractivity contribution in [2.24, 2.45) is 0 Å². The predicted octanol–water partition coefficient (Wildman–Crippen LogP) is 4.39. The number of carbonyl (C=O) groups is 1. The molecule has 0 aliphatic carbocycles. The number of hydrogen-bond acceptors (Lipinski definition) is 3. The van der Waals surface area contributed by atoms with Crippen molar-refractivity contribution >= 4 is 28.3 Å². The topological polar surface area (TPSA) is 54.0 Å².